The molecule has 0 spiro atoms. The Morgan fingerprint density at radius 2 is 1.90 bits per heavy atom. The summed E-state index contributed by atoms with van der Waals surface area (Å²) in [5.41, 5.74) is 2.82. The fraction of sp³-hybridized carbons (Fsp3) is 0.400. The molecule has 29 heavy (non-hydrogen) atoms. The number of hydrogen-bond donors (Lipinski definition) is 1. The van der Waals surface area contributed by atoms with Gasteiger partial charge in [-0.15, -0.1) is 0 Å². The van der Waals surface area contributed by atoms with Crippen LogP contribution in [0.25, 0.3) is 0 Å². The van der Waals surface area contributed by atoms with Gasteiger partial charge in [-0.1, -0.05) is 6.92 Å². The van der Waals surface area contributed by atoms with E-state index in [9.17, 15) is 22.8 Å². The fourth-order valence-electron chi connectivity index (χ4n) is 2.54. The average Bonchev–Trinajstić information content (AvgIpc) is 2.64. The van der Waals surface area contributed by atoms with Crippen molar-refractivity contribution in [1.82, 2.24) is 15.3 Å². The van der Waals surface area contributed by atoms with Gasteiger partial charge in [0.25, 0.3) is 5.91 Å². The molecule has 0 bridgehead atoms. The number of ether oxygens (including phenoxy) is 1. The molecule has 2 aromatic rings. The highest BCUT2D eigenvalue weighted by Gasteiger charge is 2.28. The van der Waals surface area contributed by atoms with Crippen molar-refractivity contribution in [3.8, 4) is 5.88 Å². The lowest BCUT2D eigenvalue weighted by molar-refractivity contribution is -0.154. The molecule has 6 nitrogen and oxygen atoms in total. The highest BCUT2D eigenvalue weighted by atomic mass is 19.4. The third-order valence-corrected chi connectivity index (χ3v) is 4.06. The number of nitrogens with zero attached hydrogens (tertiary/aromatic N) is 2. The molecular weight excluding hydrogens is 387 g/mol. The predicted octanol–water partition coefficient (Wildman–Crippen LogP) is 3.49. The van der Waals surface area contributed by atoms with Crippen LogP contribution in [0, 0.1) is 13.8 Å². The zero-order chi connectivity index (χ0) is 21.6. The molecule has 156 valence electrons. The number of halogens is 3. The molecule has 2 aromatic heterocycles. The van der Waals surface area contributed by atoms with E-state index in [0.29, 0.717) is 34.5 Å². The Hall–Kier alpha value is -2.97. The molecule has 0 radical (unpaired) electrons. The summed E-state index contributed by atoms with van der Waals surface area (Å²) in [7, 11) is 0. The molecule has 0 aliphatic carbocycles. The first kappa shape index (κ1) is 22.3. The fourth-order valence-corrected chi connectivity index (χ4v) is 2.54. The molecule has 0 saturated heterocycles. The van der Waals surface area contributed by atoms with E-state index in [1.54, 1.807) is 32.9 Å². The van der Waals surface area contributed by atoms with Gasteiger partial charge in [-0.05, 0) is 37.1 Å². The zero-order valence-electron chi connectivity index (χ0n) is 16.4. The van der Waals surface area contributed by atoms with Gasteiger partial charge in [0.2, 0.25) is 5.88 Å². The Morgan fingerprint density at radius 1 is 1.17 bits per heavy atom. The molecule has 0 saturated carbocycles. The summed E-state index contributed by atoms with van der Waals surface area (Å²) in [5.74, 6) is -0.452. The van der Waals surface area contributed by atoms with Crippen molar-refractivity contribution in [3.63, 3.8) is 0 Å². The van der Waals surface area contributed by atoms with Crippen LogP contribution in [0.4, 0.5) is 13.2 Å². The van der Waals surface area contributed by atoms with Crippen molar-refractivity contribution in [3.05, 3.63) is 52.5 Å². The maximum atomic E-state index is 12.5. The molecule has 0 aliphatic heterocycles. The van der Waals surface area contributed by atoms with Gasteiger partial charge in [0.15, 0.2) is 6.61 Å². The van der Waals surface area contributed by atoms with Gasteiger partial charge in [0.1, 0.15) is 5.78 Å². The predicted molar refractivity (Wildman–Crippen MR) is 99.7 cm³/mol. The first-order chi connectivity index (χ1) is 13.6. The van der Waals surface area contributed by atoms with Gasteiger partial charge in [-0.3, -0.25) is 14.6 Å². The topological polar surface area (TPSA) is 81.2 Å². The van der Waals surface area contributed by atoms with Crippen LogP contribution in [0.2, 0.25) is 0 Å². The summed E-state index contributed by atoms with van der Waals surface area (Å²) in [6, 6.07) is 4.59. The van der Waals surface area contributed by atoms with E-state index in [1.807, 2.05) is 0 Å². The van der Waals surface area contributed by atoms with Crippen LogP contribution in [0.3, 0.4) is 0 Å². The van der Waals surface area contributed by atoms with Crippen molar-refractivity contribution >= 4 is 11.7 Å². The number of rotatable bonds is 8. The van der Waals surface area contributed by atoms with E-state index in [-0.39, 0.29) is 30.5 Å². The number of amides is 1. The van der Waals surface area contributed by atoms with E-state index in [4.69, 9.17) is 0 Å². The minimum absolute atomic E-state index is 0.0315. The Balaban J connectivity index is 2.02. The van der Waals surface area contributed by atoms with Gasteiger partial charge in [0.05, 0.1) is 0 Å². The molecular formula is C20H22F3N3O3. The lowest BCUT2D eigenvalue weighted by Gasteiger charge is -2.12. The highest BCUT2D eigenvalue weighted by Crippen LogP contribution is 2.19. The van der Waals surface area contributed by atoms with Crippen molar-refractivity contribution in [2.24, 2.45) is 0 Å². The standard InChI is InChI=1S/C20H22F3N3O3/c1-4-17(27)8-16-7-14(6-13(3)26-16)19(28)25-10-15-9-24-18(5-12(15)2)29-11-20(21,22)23/h5-7,9H,4,8,10-11H2,1-3H3,(H,25,28). The second-order valence-electron chi connectivity index (χ2n) is 6.59. The highest BCUT2D eigenvalue weighted by molar-refractivity contribution is 5.94. The van der Waals surface area contributed by atoms with Gasteiger partial charge < -0.3 is 10.1 Å². The van der Waals surface area contributed by atoms with Gasteiger partial charge in [-0.2, -0.15) is 13.2 Å². The summed E-state index contributed by atoms with van der Waals surface area (Å²) in [6.45, 7) is 3.92. The monoisotopic (exact) mass is 409 g/mol. The Labute approximate surface area is 166 Å². The summed E-state index contributed by atoms with van der Waals surface area (Å²) in [4.78, 5) is 32.2. The largest absolute Gasteiger partial charge is 0.468 e. The number of nitrogens with one attached hydrogen (secondary N) is 1. The number of pyridine rings is 2. The van der Waals surface area contributed by atoms with Crippen molar-refractivity contribution in [1.29, 1.82) is 0 Å². The van der Waals surface area contributed by atoms with Crippen LogP contribution < -0.4 is 10.1 Å². The third-order valence-electron chi connectivity index (χ3n) is 4.06. The summed E-state index contributed by atoms with van der Waals surface area (Å²) in [6.07, 6.45) is -2.51. The number of carbonyl (C=O) groups excluding carboxylic acids is 2. The maximum Gasteiger partial charge on any atom is 0.422 e. The van der Waals surface area contributed by atoms with Crippen LogP contribution in [0.15, 0.2) is 24.4 Å². The zero-order valence-corrected chi connectivity index (χ0v) is 16.4. The Kier molecular flexibility index (Phi) is 7.30. The SMILES string of the molecule is CCC(=O)Cc1cc(C(=O)NCc2cnc(OCC(F)(F)F)cc2C)cc(C)n1. The number of aryl methyl sites for hydroxylation is 2. The van der Waals surface area contributed by atoms with E-state index in [2.05, 4.69) is 20.0 Å². The van der Waals surface area contributed by atoms with Crippen LogP contribution in [0.5, 0.6) is 5.88 Å². The third kappa shape index (κ3) is 7.17. The molecule has 2 rings (SSSR count). The van der Waals surface area contributed by atoms with E-state index in [1.165, 1.54) is 12.3 Å². The maximum absolute atomic E-state index is 12.5. The Bertz CT molecular complexity index is 898. The molecule has 0 aromatic carbocycles. The second kappa shape index (κ2) is 9.49. The van der Waals surface area contributed by atoms with Crippen molar-refractivity contribution < 1.29 is 27.5 Å². The molecule has 0 fully saturated rings. The second-order valence-corrected chi connectivity index (χ2v) is 6.59. The molecule has 0 unspecified atom stereocenters. The quantitative estimate of drug-likeness (QED) is 0.722. The van der Waals surface area contributed by atoms with Crippen LogP contribution in [-0.2, 0) is 17.8 Å². The van der Waals surface area contributed by atoms with Crippen LogP contribution >= 0.6 is 0 Å². The van der Waals surface area contributed by atoms with Gasteiger partial charge >= 0.3 is 6.18 Å². The number of aromatic nitrogens is 2. The molecule has 0 atom stereocenters. The number of Topliss-reactive ketones (excluding diaryl/α,β-unsaturated/α-hetero) is 1. The normalized spacial score (nSPS) is 11.2. The summed E-state index contributed by atoms with van der Waals surface area (Å²) < 4.78 is 41.3. The Morgan fingerprint density at radius 3 is 2.52 bits per heavy atom. The lowest BCUT2D eigenvalue weighted by Crippen LogP contribution is -2.24. The molecule has 1 amide bonds. The minimum atomic E-state index is -4.44. The minimum Gasteiger partial charge on any atom is -0.468 e. The van der Waals surface area contributed by atoms with Crippen molar-refractivity contribution in [2.45, 2.75) is 46.3 Å². The van der Waals surface area contributed by atoms with Crippen LogP contribution in [0.1, 0.15) is 46.2 Å². The lowest BCUT2D eigenvalue weighted by atomic mass is 10.1. The van der Waals surface area contributed by atoms with Gasteiger partial charge in [-0.25, -0.2) is 4.98 Å². The molecule has 0 aliphatic rings. The first-order valence-electron chi connectivity index (χ1n) is 9.00. The van der Waals surface area contributed by atoms with E-state index in [0.717, 1.165) is 0 Å². The number of alkyl halides is 3. The van der Waals surface area contributed by atoms with Crippen LogP contribution in [-0.4, -0.2) is 34.4 Å². The number of ketones is 1. The molecule has 2 heterocycles. The summed E-state index contributed by atoms with van der Waals surface area (Å²) in [5, 5.41) is 2.74. The first-order valence-corrected chi connectivity index (χ1v) is 9.00. The summed E-state index contributed by atoms with van der Waals surface area (Å²) >= 11 is 0. The van der Waals surface area contributed by atoms with E-state index >= 15 is 0 Å². The average molecular weight is 409 g/mol. The number of hydrogen-bond acceptors (Lipinski definition) is 5. The van der Waals surface area contributed by atoms with Crippen molar-refractivity contribution in [2.75, 3.05) is 6.61 Å². The van der Waals surface area contributed by atoms with E-state index < -0.39 is 12.8 Å². The van der Waals surface area contributed by atoms with Gasteiger partial charge in [0, 0.05) is 48.6 Å². The molecule has 1 N–H and O–H groups in total. The number of carbonyl (C=O) groups is 2. The smallest absolute Gasteiger partial charge is 0.422 e. The molecule has 9 heteroatoms.